The molecule has 0 unspecified atom stereocenters. The second kappa shape index (κ2) is 5.10. The number of fused-ring (bicyclic) bond motifs is 1. The Bertz CT molecular complexity index is 825. The van der Waals surface area contributed by atoms with Gasteiger partial charge >= 0.3 is 0 Å². The molecular weight excluding hydrogens is 302 g/mol. The zero-order valence-electron chi connectivity index (χ0n) is 11.9. The Labute approximate surface area is 132 Å². The topological polar surface area (TPSA) is 71.2 Å². The summed E-state index contributed by atoms with van der Waals surface area (Å²) in [6.45, 7) is 3.69. The SMILES string of the molecule is Cc1cc2c(N3CC(Nc4cncc(Cl)n4)C3)nccn2n1. The van der Waals surface area contributed by atoms with Gasteiger partial charge in [-0.05, 0) is 13.0 Å². The van der Waals surface area contributed by atoms with Crippen molar-refractivity contribution in [2.75, 3.05) is 23.3 Å². The maximum absolute atomic E-state index is 5.84. The number of rotatable bonds is 3. The van der Waals surface area contributed by atoms with Gasteiger partial charge in [-0.2, -0.15) is 5.10 Å². The van der Waals surface area contributed by atoms with Crippen molar-refractivity contribution < 1.29 is 0 Å². The highest BCUT2D eigenvalue weighted by Gasteiger charge is 2.29. The summed E-state index contributed by atoms with van der Waals surface area (Å²) in [5.74, 6) is 1.65. The van der Waals surface area contributed by atoms with E-state index in [1.165, 1.54) is 6.20 Å². The van der Waals surface area contributed by atoms with E-state index in [2.05, 4.69) is 30.3 Å². The number of anilines is 2. The van der Waals surface area contributed by atoms with Gasteiger partial charge in [-0.15, -0.1) is 0 Å². The summed E-state index contributed by atoms with van der Waals surface area (Å²) in [4.78, 5) is 14.9. The molecule has 1 aliphatic heterocycles. The summed E-state index contributed by atoms with van der Waals surface area (Å²) in [6, 6.07) is 2.35. The summed E-state index contributed by atoms with van der Waals surface area (Å²) in [5.41, 5.74) is 2.01. The lowest BCUT2D eigenvalue weighted by Crippen LogP contribution is -2.55. The molecule has 1 aliphatic rings. The van der Waals surface area contributed by atoms with Gasteiger partial charge in [0, 0.05) is 25.5 Å². The summed E-state index contributed by atoms with van der Waals surface area (Å²) >= 11 is 5.84. The standard InChI is InChI=1S/C14H14ClN7/c1-9-4-11-14(17-2-3-22(11)20-9)21-7-10(8-21)18-13-6-16-5-12(15)19-13/h2-6,10H,7-8H2,1H3,(H,18,19). The minimum absolute atomic E-state index is 0.304. The number of hydrogen-bond acceptors (Lipinski definition) is 6. The lowest BCUT2D eigenvalue weighted by Gasteiger charge is -2.40. The van der Waals surface area contributed by atoms with Gasteiger partial charge in [-0.3, -0.25) is 4.98 Å². The van der Waals surface area contributed by atoms with Crippen molar-refractivity contribution in [2.45, 2.75) is 13.0 Å². The van der Waals surface area contributed by atoms with Gasteiger partial charge < -0.3 is 10.2 Å². The third-order valence-electron chi connectivity index (χ3n) is 3.63. The van der Waals surface area contributed by atoms with Crippen LogP contribution < -0.4 is 10.2 Å². The molecule has 0 saturated carbocycles. The van der Waals surface area contributed by atoms with Crippen molar-refractivity contribution in [1.82, 2.24) is 24.6 Å². The molecular formula is C14H14ClN7. The van der Waals surface area contributed by atoms with E-state index in [-0.39, 0.29) is 0 Å². The molecule has 7 nitrogen and oxygen atoms in total. The van der Waals surface area contributed by atoms with Crippen molar-refractivity contribution in [3.05, 3.63) is 41.7 Å². The van der Waals surface area contributed by atoms with Crippen LogP contribution in [0.25, 0.3) is 5.52 Å². The molecule has 0 bridgehead atoms. The van der Waals surface area contributed by atoms with Gasteiger partial charge in [0.05, 0.1) is 24.1 Å². The van der Waals surface area contributed by atoms with Crippen molar-refractivity contribution >= 4 is 28.8 Å². The van der Waals surface area contributed by atoms with Crippen molar-refractivity contribution in [3.8, 4) is 0 Å². The fourth-order valence-electron chi connectivity index (χ4n) is 2.64. The molecule has 1 saturated heterocycles. The first-order valence-corrected chi connectivity index (χ1v) is 7.37. The minimum atomic E-state index is 0.304. The first-order chi connectivity index (χ1) is 10.7. The Balaban J connectivity index is 1.48. The summed E-state index contributed by atoms with van der Waals surface area (Å²) in [5, 5.41) is 8.13. The maximum Gasteiger partial charge on any atom is 0.154 e. The van der Waals surface area contributed by atoms with Crippen LogP contribution in [0.3, 0.4) is 0 Å². The molecule has 4 heterocycles. The van der Waals surface area contributed by atoms with E-state index in [0.29, 0.717) is 17.0 Å². The predicted molar refractivity (Wildman–Crippen MR) is 84.4 cm³/mol. The largest absolute Gasteiger partial charge is 0.362 e. The molecule has 112 valence electrons. The van der Waals surface area contributed by atoms with Crippen molar-refractivity contribution in [3.63, 3.8) is 0 Å². The van der Waals surface area contributed by atoms with Gasteiger partial charge in [-0.1, -0.05) is 11.6 Å². The second-order valence-electron chi connectivity index (χ2n) is 5.34. The zero-order valence-corrected chi connectivity index (χ0v) is 12.7. The Hall–Kier alpha value is -2.41. The highest BCUT2D eigenvalue weighted by molar-refractivity contribution is 6.29. The molecule has 22 heavy (non-hydrogen) atoms. The van der Waals surface area contributed by atoms with E-state index in [4.69, 9.17) is 11.6 Å². The minimum Gasteiger partial charge on any atom is -0.362 e. The summed E-state index contributed by atoms with van der Waals surface area (Å²) in [7, 11) is 0. The quantitative estimate of drug-likeness (QED) is 0.794. The Morgan fingerprint density at radius 2 is 2.18 bits per heavy atom. The van der Waals surface area contributed by atoms with Crippen LogP contribution in [-0.4, -0.2) is 43.7 Å². The van der Waals surface area contributed by atoms with Gasteiger partial charge in [0.25, 0.3) is 0 Å². The average molecular weight is 316 g/mol. The first kappa shape index (κ1) is 13.3. The van der Waals surface area contributed by atoms with E-state index in [9.17, 15) is 0 Å². The Kier molecular flexibility index (Phi) is 3.07. The molecule has 1 fully saturated rings. The summed E-state index contributed by atoms with van der Waals surface area (Å²) in [6.07, 6.45) is 6.83. The van der Waals surface area contributed by atoms with Gasteiger partial charge in [0.2, 0.25) is 0 Å². The predicted octanol–water partition coefficient (Wildman–Crippen LogP) is 1.78. The Morgan fingerprint density at radius 1 is 1.32 bits per heavy atom. The van der Waals surface area contributed by atoms with Gasteiger partial charge in [0.15, 0.2) is 5.82 Å². The van der Waals surface area contributed by atoms with E-state index in [1.54, 1.807) is 12.4 Å². The zero-order chi connectivity index (χ0) is 15.1. The average Bonchev–Trinajstić information content (AvgIpc) is 2.83. The van der Waals surface area contributed by atoms with Crippen LogP contribution in [0.15, 0.2) is 30.9 Å². The number of hydrogen-bond donors (Lipinski definition) is 1. The van der Waals surface area contributed by atoms with E-state index in [1.807, 2.05) is 23.7 Å². The highest BCUT2D eigenvalue weighted by Crippen LogP contribution is 2.25. The molecule has 8 heteroatoms. The van der Waals surface area contributed by atoms with Crippen molar-refractivity contribution in [2.24, 2.45) is 0 Å². The molecule has 0 atom stereocenters. The third kappa shape index (κ3) is 2.33. The molecule has 0 radical (unpaired) electrons. The number of nitrogens with one attached hydrogen (secondary N) is 1. The molecule has 1 N–H and O–H groups in total. The van der Waals surface area contributed by atoms with E-state index < -0.39 is 0 Å². The smallest absolute Gasteiger partial charge is 0.154 e. The van der Waals surface area contributed by atoms with Crippen LogP contribution >= 0.6 is 11.6 Å². The summed E-state index contributed by atoms with van der Waals surface area (Å²) < 4.78 is 1.86. The molecule has 0 spiro atoms. The molecule has 0 aliphatic carbocycles. The van der Waals surface area contributed by atoms with Crippen LogP contribution in [-0.2, 0) is 0 Å². The fraction of sp³-hybridized carbons (Fsp3) is 0.286. The lowest BCUT2D eigenvalue weighted by molar-refractivity contribution is 0.543. The first-order valence-electron chi connectivity index (χ1n) is 6.99. The van der Waals surface area contributed by atoms with Crippen LogP contribution in [0, 0.1) is 6.92 Å². The van der Waals surface area contributed by atoms with Crippen LogP contribution in [0.4, 0.5) is 11.6 Å². The second-order valence-corrected chi connectivity index (χ2v) is 5.73. The number of aromatic nitrogens is 5. The normalized spacial score (nSPS) is 15.1. The number of halogens is 1. The molecule has 3 aromatic rings. The van der Waals surface area contributed by atoms with Crippen LogP contribution in [0.5, 0.6) is 0 Å². The lowest BCUT2D eigenvalue weighted by atomic mass is 10.1. The molecule has 0 aromatic carbocycles. The van der Waals surface area contributed by atoms with Crippen molar-refractivity contribution in [1.29, 1.82) is 0 Å². The van der Waals surface area contributed by atoms with E-state index in [0.717, 1.165) is 30.1 Å². The molecule has 3 aromatic heterocycles. The highest BCUT2D eigenvalue weighted by atomic mass is 35.5. The third-order valence-corrected chi connectivity index (χ3v) is 3.81. The monoisotopic (exact) mass is 315 g/mol. The van der Waals surface area contributed by atoms with E-state index >= 15 is 0 Å². The van der Waals surface area contributed by atoms with Crippen LogP contribution in [0.1, 0.15) is 5.69 Å². The maximum atomic E-state index is 5.84. The number of nitrogens with zero attached hydrogens (tertiary/aromatic N) is 6. The molecule has 4 rings (SSSR count). The van der Waals surface area contributed by atoms with Gasteiger partial charge in [-0.25, -0.2) is 14.5 Å². The van der Waals surface area contributed by atoms with Crippen LogP contribution in [0.2, 0.25) is 5.15 Å². The van der Waals surface area contributed by atoms with Gasteiger partial charge in [0.1, 0.15) is 16.5 Å². The number of aryl methyl sites for hydroxylation is 1. The fourth-order valence-corrected chi connectivity index (χ4v) is 2.79. The molecule has 0 amide bonds. The Morgan fingerprint density at radius 3 is 3.00 bits per heavy atom.